The van der Waals surface area contributed by atoms with Crippen LogP contribution < -0.4 is 0 Å². The molecule has 0 aromatic heterocycles. The Morgan fingerprint density at radius 1 is 0.396 bits per heavy atom. The minimum Gasteiger partial charge on any atom is -0.466 e. The lowest BCUT2D eigenvalue weighted by Gasteiger charge is -2.16. The van der Waals surface area contributed by atoms with Crippen molar-refractivity contribution in [2.75, 3.05) is 24.7 Å². The van der Waals surface area contributed by atoms with Crippen molar-refractivity contribution in [3.05, 3.63) is 0 Å². The molecular weight excluding hydrogens is 673 g/mol. The van der Waals surface area contributed by atoms with Crippen molar-refractivity contribution in [1.82, 2.24) is 0 Å². The van der Waals surface area contributed by atoms with Crippen LogP contribution >= 0.6 is 11.8 Å². The summed E-state index contributed by atoms with van der Waals surface area (Å²) in [5, 5.41) is 0. The van der Waals surface area contributed by atoms with Gasteiger partial charge in [0.1, 0.15) is 0 Å². The van der Waals surface area contributed by atoms with Gasteiger partial charge in [0.25, 0.3) is 0 Å². The Kier molecular flexibility index (Phi) is 45.1. The number of hydrogen-bond acceptors (Lipinski definition) is 5. The maximum Gasteiger partial charge on any atom is 0.309 e. The summed E-state index contributed by atoms with van der Waals surface area (Å²) >= 11 is 1.72. The van der Waals surface area contributed by atoms with Gasteiger partial charge < -0.3 is 9.47 Å². The van der Waals surface area contributed by atoms with Crippen LogP contribution in [0.15, 0.2) is 0 Å². The van der Waals surface area contributed by atoms with Gasteiger partial charge in [0, 0.05) is 11.5 Å². The van der Waals surface area contributed by atoms with E-state index in [1.807, 2.05) is 0 Å². The van der Waals surface area contributed by atoms with Crippen molar-refractivity contribution in [3.8, 4) is 0 Å². The molecule has 0 heterocycles. The van der Waals surface area contributed by atoms with Gasteiger partial charge in [-0.1, -0.05) is 239 Å². The van der Waals surface area contributed by atoms with E-state index in [0.717, 1.165) is 50.0 Å². The second-order valence-electron chi connectivity index (χ2n) is 16.4. The van der Waals surface area contributed by atoms with E-state index in [9.17, 15) is 9.59 Å². The Hall–Kier alpha value is -0.710. The lowest BCUT2D eigenvalue weighted by atomic mass is 10.0. The van der Waals surface area contributed by atoms with Crippen molar-refractivity contribution < 1.29 is 19.1 Å². The van der Waals surface area contributed by atoms with Crippen LogP contribution in [0.4, 0.5) is 0 Å². The van der Waals surface area contributed by atoms with Gasteiger partial charge in [-0.2, -0.15) is 11.8 Å². The molecule has 0 aliphatic carbocycles. The van der Waals surface area contributed by atoms with E-state index in [1.54, 1.807) is 11.8 Å². The summed E-state index contributed by atoms with van der Waals surface area (Å²) in [6, 6.07) is 0. The van der Waals surface area contributed by atoms with Crippen LogP contribution in [0.2, 0.25) is 0 Å². The standard InChI is InChI=1S/C48H94O4S/c1-4-7-10-13-16-19-22-23-24-25-26-27-28-31-34-37-40-46(48(50)52-43-39-36-33-30-21-18-15-12-9-6-3)45-53-44-41-47(49)51-42-38-35-32-29-20-17-14-11-8-5-2/h46H,4-45H2,1-3H3. The van der Waals surface area contributed by atoms with Crippen LogP contribution in [0, 0.1) is 5.92 Å². The third kappa shape index (κ3) is 42.3. The zero-order valence-electron chi connectivity index (χ0n) is 36.3. The smallest absolute Gasteiger partial charge is 0.309 e. The zero-order chi connectivity index (χ0) is 38.6. The van der Waals surface area contributed by atoms with Gasteiger partial charge >= 0.3 is 11.9 Å². The van der Waals surface area contributed by atoms with Crippen molar-refractivity contribution in [3.63, 3.8) is 0 Å². The van der Waals surface area contributed by atoms with Gasteiger partial charge in [0.15, 0.2) is 0 Å². The summed E-state index contributed by atoms with van der Waals surface area (Å²) in [6.45, 7) is 7.94. The molecule has 0 saturated carbocycles. The van der Waals surface area contributed by atoms with E-state index in [-0.39, 0.29) is 17.9 Å². The number of ether oxygens (including phenoxy) is 2. The number of carbonyl (C=O) groups excluding carboxylic acids is 2. The first-order valence-corrected chi connectivity index (χ1v) is 25.2. The fourth-order valence-corrected chi connectivity index (χ4v) is 8.38. The topological polar surface area (TPSA) is 52.6 Å². The maximum absolute atomic E-state index is 13.1. The molecule has 4 nitrogen and oxygen atoms in total. The van der Waals surface area contributed by atoms with E-state index >= 15 is 0 Å². The van der Waals surface area contributed by atoms with Crippen LogP contribution in [-0.2, 0) is 19.1 Å². The van der Waals surface area contributed by atoms with Crippen molar-refractivity contribution in [1.29, 1.82) is 0 Å². The maximum atomic E-state index is 13.1. The van der Waals surface area contributed by atoms with E-state index in [4.69, 9.17) is 9.47 Å². The number of hydrogen-bond donors (Lipinski definition) is 0. The Morgan fingerprint density at radius 2 is 0.698 bits per heavy atom. The SMILES string of the molecule is CCCCCCCCCCCCCCCCCCC(CSCCC(=O)OCCCCCCCCCCCC)C(=O)OCCCCCCCCCCCC. The zero-order valence-corrected chi connectivity index (χ0v) is 37.1. The molecule has 0 fully saturated rings. The number of rotatable bonds is 45. The molecule has 0 aromatic rings. The van der Waals surface area contributed by atoms with E-state index < -0.39 is 0 Å². The first-order valence-electron chi connectivity index (χ1n) is 24.1. The monoisotopic (exact) mass is 767 g/mol. The predicted molar refractivity (Wildman–Crippen MR) is 235 cm³/mol. The van der Waals surface area contributed by atoms with Gasteiger partial charge in [-0.15, -0.1) is 0 Å². The van der Waals surface area contributed by atoms with Gasteiger partial charge in [-0.05, 0) is 19.3 Å². The van der Waals surface area contributed by atoms with Crippen LogP contribution in [0.1, 0.15) is 265 Å². The third-order valence-electron chi connectivity index (χ3n) is 11.0. The molecular formula is C48H94O4S. The molecule has 0 aliphatic heterocycles. The first kappa shape index (κ1) is 52.3. The second kappa shape index (κ2) is 45.7. The molecule has 0 aromatic carbocycles. The first-order chi connectivity index (χ1) is 26.2. The number of unbranched alkanes of at least 4 members (excludes halogenated alkanes) is 33. The lowest BCUT2D eigenvalue weighted by molar-refractivity contribution is -0.148. The molecule has 0 amide bonds. The molecule has 316 valence electrons. The lowest BCUT2D eigenvalue weighted by Crippen LogP contribution is -2.21. The molecule has 0 spiro atoms. The number of thioether (sulfide) groups is 1. The number of esters is 2. The van der Waals surface area contributed by atoms with E-state index in [1.165, 1.54) is 199 Å². The quantitative estimate of drug-likeness (QED) is 0.0456. The molecule has 1 atom stereocenters. The molecule has 0 bridgehead atoms. The predicted octanol–water partition coefficient (Wildman–Crippen LogP) is 16.3. The van der Waals surface area contributed by atoms with Crippen LogP contribution in [0.5, 0.6) is 0 Å². The third-order valence-corrected chi connectivity index (χ3v) is 12.1. The summed E-state index contributed by atoms with van der Waals surface area (Å²) in [4.78, 5) is 25.4. The summed E-state index contributed by atoms with van der Waals surface area (Å²) in [5.74, 6) is 1.31. The molecule has 0 aliphatic rings. The van der Waals surface area contributed by atoms with Gasteiger partial charge in [0.05, 0.1) is 25.6 Å². The van der Waals surface area contributed by atoms with E-state index in [2.05, 4.69) is 20.8 Å². The summed E-state index contributed by atoms with van der Waals surface area (Å²) in [7, 11) is 0. The van der Waals surface area contributed by atoms with Crippen LogP contribution in [-0.4, -0.2) is 36.7 Å². The molecule has 1 unspecified atom stereocenters. The van der Waals surface area contributed by atoms with Gasteiger partial charge in [-0.3, -0.25) is 9.59 Å². The highest BCUT2D eigenvalue weighted by Crippen LogP contribution is 2.21. The molecule has 0 N–H and O–H groups in total. The average molecular weight is 767 g/mol. The van der Waals surface area contributed by atoms with Crippen LogP contribution in [0.3, 0.4) is 0 Å². The fourth-order valence-electron chi connectivity index (χ4n) is 7.32. The van der Waals surface area contributed by atoms with Crippen molar-refractivity contribution in [2.24, 2.45) is 5.92 Å². The molecule has 0 saturated heterocycles. The molecule has 0 radical (unpaired) electrons. The largest absolute Gasteiger partial charge is 0.466 e. The summed E-state index contributed by atoms with van der Waals surface area (Å²) < 4.78 is 11.3. The Bertz CT molecular complexity index is 728. The summed E-state index contributed by atoms with van der Waals surface area (Å²) in [6.07, 6.45) is 48.8. The van der Waals surface area contributed by atoms with Crippen molar-refractivity contribution >= 4 is 23.7 Å². The van der Waals surface area contributed by atoms with Gasteiger partial charge in [-0.25, -0.2) is 0 Å². The minimum atomic E-state index is -0.0914. The van der Waals surface area contributed by atoms with Gasteiger partial charge in [0.2, 0.25) is 0 Å². The highest BCUT2D eigenvalue weighted by atomic mass is 32.2. The highest BCUT2D eigenvalue weighted by molar-refractivity contribution is 7.99. The normalized spacial score (nSPS) is 12.0. The second-order valence-corrected chi connectivity index (χ2v) is 17.5. The summed E-state index contributed by atoms with van der Waals surface area (Å²) in [5.41, 5.74) is 0. The molecule has 53 heavy (non-hydrogen) atoms. The number of carbonyl (C=O) groups is 2. The Morgan fingerprint density at radius 3 is 1.06 bits per heavy atom. The van der Waals surface area contributed by atoms with Crippen LogP contribution in [0.25, 0.3) is 0 Å². The highest BCUT2D eigenvalue weighted by Gasteiger charge is 2.20. The Labute approximate surface area is 337 Å². The average Bonchev–Trinajstić information content (AvgIpc) is 3.16. The van der Waals surface area contributed by atoms with E-state index in [0.29, 0.717) is 19.6 Å². The fraction of sp³-hybridized carbons (Fsp3) is 0.958. The molecule has 0 rings (SSSR count). The Balaban J connectivity index is 4.16. The minimum absolute atomic E-state index is 0.0158. The van der Waals surface area contributed by atoms with Crippen molar-refractivity contribution in [2.45, 2.75) is 265 Å². The molecule has 5 heteroatoms.